The van der Waals surface area contributed by atoms with Gasteiger partial charge in [0.1, 0.15) is 12.1 Å². The number of aliphatic hydroxyl groups is 2. The number of para-hydroxylation sites is 1. The average Bonchev–Trinajstić information content (AvgIpc) is 3.17. The van der Waals surface area contributed by atoms with Crippen molar-refractivity contribution in [1.82, 2.24) is 20.9 Å². The Hall–Kier alpha value is -3.48. The van der Waals surface area contributed by atoms with Crippen LogP contribution in [0.2, 0.25) is 0 Å². The predicted molar refractivity (Wildman–Crippen MR) is 113 cm³/mol. The Morgan fingerprint density at radius 2 is 1.81 bits per heavy atom. The second kappa shape index (κ2) is 11.2. The highest BCUT2D eigenvalue weighted by molar-refractivity contribution is 5.93. The zero-order valence-corrected chi connectivity index (χ0v) is 17.4. The number of nitrogens with two attached hydrogens (primary N) is 1. The molecule has 4 unspecified atom stereocenters. The lowest BCUT2D eigenvalue weighted by Crippen LogP contribution is -2.55. The Bertz CT molecular complexity index is 974. The number of benzene rings is 1. The first-order chi connectivity index (χ1) is 15.1. The lowest BCUT2D eigenvalue weighted by Gasteiger charge is -2.21. The monoisotopic (exact) mass is 449 g/mol. The SMILES string of the molecule is CC(O)C(NC(=O)CNC(=O)C(Cc1c[nH]c2ccccc12)NC(=O)C(N)CO)C(=O)O. The zero-order chi connectivity index (χ0) is 23.8. The number of H-pyrrole nitrogens is 1. The number of amides is 3. The van der Waals surface area contributed by atoms with Crippen molar-refractivity contribution >= 4 is 34.6 Å². The molecule has 9 N–H and O–H groups in total. The van der Waals surface area contributed by atoms with Gasteiger partial charge in [-0.25, -0.2) is 4.79 Å². The number of aliphatic carboxylic acids is 1. The van der Waals surface area contributed by atoms with Crippen LogP contribution >= 0.6 is 0 Å². The Morgan fingerprint density at radius 1 is 1.12 bits per heavy atom. The molecule has 0 aliphatic carbocycles. The van der Waals surface area contributed by atoms with Crippen LogP contribution in [0.15, 0.2) is 30.5 Å². The third-order valence-electron chi connectivity index (χ3n) is 4.75. The van der Waals surface area contributed by atoms with Gasteiger partial charge in [-0.15, -0.1) is 0 Å². The first-order valence-corrected chi connectivity index (χ1v) is 9.83. The molecule has 0 bridgehead atoms. The number of aromatic amines is 1. The summed E-state index contributed by atoms with van der Waals surface area (Å²) in [6.45, 7) is 0.00202. The van der Waals surface area contributed by atoms with Crippen LogP contribution in [-0.2, 0) is 25.6 Å². The smallest absolute Gasteiger partial charge is 0.328 e. The highest BCUT2D eigenvalue weighted by Crippen LogP contribution is 2.19. The van der Waals surface area contributed by atoms with Crippen molar-refractivity contribution in [3.8, 4) is 0 Å². The van der Waals surface area contributed by atoms with E-state index in [2.05, 4.69) is 20.9 Å². The Kier molecular flexibility index (Phi) is 8.70. The van der Waals surface area contributed by atoms with Gasteiger partial charge < -0.3 is 42.0 Å². The van der Waals surface area contributed by atoms with Crippen LogP contribution < -0.4 is 21.7 Å². The first kappa shape index (κ1) is 24.8. The van der Waals surface area contributed by atoms with Crippen LogP contribution in [0.25, 0.3) is 10.9 Å². The molecule has 0 spiro atoms. The van der Waals surface area contributed by atoms with Gasteiger partial charge in [-0.2, -0.15) is 0 Å². The first-order valence-electron chi connectivity index (χ1n) is 9.83. The summed E-state index contributed by atoms with van der Waals surface area (Å²) in [4.78, 5) is 51.0. The van der Waals surface area contributed by atoms with Crippen molar-refractivity contribution in [3.63, 3.8) is 0 Å². The Balaban J connectivity index is 2.10. The largest absolute Gasteiger partial charge is 0.480 e. The van der Waals surface area contributed by atoms with E-state index in [-0.39, 0.29) is 6.42 Å². The molecule has 1 aromatic carbocycles. The third kappa shape index (κ3) is 6.51. The molecule has 174 valence electrons. The van der Waals surface area contributed by atoms with Crippen molar-refractivity contribution in [2.45, 2.75) is 37.6 Å². The fourth-order valence-corrected chi connectivity index (χ4v) is 3.00. The maximum absolute atomic E-state index is 12.7. The number of aromatic nitrogens is 1. The molecule has 0 radical (unpaired) electrons. The molecule has 0 aliphatic rings. The van der Waals surface area contributed by atoms with Crippen LogP contribution in [-0.4, -0.2) is 81.4 Å². The maximum atomic E-state index is 12.7. The maximum Gasteiger partial charge on any atom is 0.328 e. The highest BCUT2D eigenvalue weighted by Gasteiger charge is 2.27. The van der Waals surface area contributed by atoms with Crippen LogP contribution in [0.1, 0.15) is 12.5 Å². The minimum absolute atomic E-state index is 0.0623. The van der Waals surface area contributed by atoms with E-state index in [9.17, 15) is 24.3 Å². The van der Waals surface area contributed by atoms with Crippen LogP contribution in [0.3, 0.4) is 0 Å². The quantitative estimate of drug-likeness (QED) is 0.185. The molecular formula is C20H27N5O7. The van der Waals surface area contributed by atoms with E-state index in [1.807, 2.05) is 24.3 Å². The molecule has 1 heterocycles. The second-order valence-corrected chi connectivity index (χ2v) is 7.26. The summed E-state index contributed by atoms with van der Waals surface area (Å²) in [5.41, 5.74) is 7.08. The van der Waals surface area contributed by atoms with E-state index in [1.54, 1.807) is 6.20 Å². The van der Waals surface area contributed by atoms with Gasteiger partial charge in [0.25, 0.3) is 0 Å². The van der Waals surface area contributed by atoms with Crippen molar-refractivity contribution in [1.29, 1.82) is 0 Å². The fraction of sp³-hybridized carbons (Fsp3) is 0.400. The second-order valence-electron chi connectivity index (χ2n) is 7.26. The van der Waals surface area contributed by atoms with E-state index in [0.29, 0.717) is 0 Å². The van der Waals surface area contributed by atoms with E-state index in [4.69, 9.17) is 15.9 Å². The van der Waals surface area contributed by atoms with E-state index < -0.39 is 61.1 Å². The van der Waals surface area contributed by atoms with Crippen LogP contribution in [0, 0.1) is 0 Å². The molecule has 12 heteroatoms. The van der Waals surface area contributed by atoms with Gasteiger partial charge in [-0.1, -0.05) is 18.2 Å². The fourth-order valence-electron chi connectivity index (χ4n) is 3.00. The molecule has 0 saturated carbocycles. The number of carboxylic acids is 1. The van der Waals surface area contributed by atoms with Gasteiger partial charge in [-0.3, -0.25) is 14.4 Å². The Morgan fingerprint density at radius 3 is 2.44 bits per heavy atom. The van der Waals surface area contributed by atoms with Crippen LogP contribution in [0.4, 0.5) is 0 Å². The normalized spacial score (nSPS) is 14.8. The average molecular weight is 449 g/mol. The van der Waals surface area contributed by atoms with Crippen molar-refractivity contribution < 1.29 is 34.5 Å². The number of carbonyl (C=O) groups excluding carboxylic acids is 3. The topological polar surface area (TPSA) is 207 Å². The lowest BCUT2D eigenvalue weighted by molar-refractivity contribution is -0.144. The number of fused-ring (bicyclic) bond motifs is 1. The number of carbonyl (C=O) groups is 4. The number of rotatable bonds is 11. The minimum atomic E-state index is -1.54. The highest BCUT2D eigenvalue weighted by atomic mass is 16.4. The third-order valence-corrected chi connectivity index (χ3v) is 4.75. The molecule has 0 saturated heterocycles. The summed E-state index contributed by atoms with van der Waals surface area (Å²) in [6, 6.07) is 3.44. The van der Waals surface area contributed by atoms with Gasteiger partial charge in [0.05, 0.1) is 19.3 Å². The number of aliphatic hydroxyl groups excluding tert-OH is 2. The Labute approximate surface area is 183 Å². The van der Waals surface area contributed by atoms with E-state index in [0.717, 1.165) is 16.5 Å². The number of carboxylic acid groups (broad SMARTS) is 1. The molecule has 2 aromatic rings. The standard InChI is InChI=1S/C20H27N5O7/c1-10(27)17(20(31)32)25-16(28)8-23-19(30)15(24-18(29)13(21)9-26)6-11-7-22-14-5-3-2-4-12(11)14/h2-5,7,10,13,15,17,22,26-27H,6,8-9,21H2,1H3,(H,23,30)(H,24,29)(H,25,28)(H,31,32). The zero-order valence-electron chi connectivity index (χ0n) is 17.4. The summed E-state index contributed by atoms with van der Waals surface area (Å²) in [5.74, 6) is -3.73. The van der Waals surface area contributed by atoms with Gasteiger partial charge in [0.2, 0.25) is 17.7 Å². The van der Waals surface area contributed by atoms with Gasteiger partial charge in [-0.05, 0) is 18.6 Å². The predicted octanol–water partition coefficient (Wildman–Crippen LogP) is -2.42. The number of hydrogen-bond donors (Lipinski definition) is 8. The van der Waals surface area contributed by atoms with Gasteiger partial charge in [0, 0.05) is 23.5 Å². The van der Waals surface area contributed by atoms with Gasteiger partial charge in [0.15, 0.2) is 6.04 Å². The molecule has 2 rings (SSSR count). The number of hydrogen-bond acceptors (Lipinski definition) is 7. The van der Waals surface area contributed by atoms with Crippen molar-refractivity contribution in [2.75, 3.05) is 13.2 Å². The molecule has 3 amide bonds. The van der Waals surface area contributed by atoms with E-state index >= 15 is 0 Å². The van der Waals surface area contributed by atoms with E-state index in [1.165, 1.54) is 6.92 Å². The van der Waals surface area contributed by atoms with Gasteiger partial charge >= 0.3 is 5.97 Å². The number of nitrogens with one attached hydrogen (secondary N) is 4. The van der Waals surface area contributed by atoms with Crippen LogP contribution in [0.5, 0.6) is 0 Å². The summed E-state index contributed by atoms with van der Waals surface area (Å²) < 4.78 is 0. The summed E-state index contributed by atoms with van der Waals surface area (Å²) >= 11 is 0. The summed E-state index contributed by atoms with van der Waals surface area (Å²) in [6.07, 6.45) is 0.406. The summed E-state index contributed by atoms with van der Waals surface area (Å²) in [5, 5.41) is 35.3. The molecule has 1 aromatic heterocycles. The lowest BCUT2D eigenvalue weighted by atomic mass is 10.0. The van der Waals surface area contributed by atoms with Crippen molar-refractivity contribution in [3.05, 3.63) is 36.0 Å². The molecule has 32 heavy (non-hydrogen) atoms. The molecule has 0 aliphatic heterocycles. The molecule has 12 nitrogen and oxygen atoms in total. The molecular weight excluding hydrogens is 422 g/mol. The molecule has 4 atom stereocenters. The minimum Gasteiger partial charge on any atom is -0.480 e. The summed E-state index contributed by atoms with van der Waals surface area (Å²) in [7, 11) is 0. The molecule has 0 fully saturated rings. The van der Waals surface area contributed by atoms with Crippen molar-refractivity contribution in [2.24, 2.45) is 5.73 Å².